The number of nitrogens with zero attached hydrogens (tertiary/aromatic N) is 2. The summed E-state index contributed by atoms with van der Waals surface area (Å²) in [6.45, 7) is 2.57. The summed E-state index contributed by atoms with van der Waals surface area (Å²) in [7, 11) is 0. The Bertz CT molecular complexity index is 770. The zero-order valence-electron chi connectivity index (χ0n) is 12.0. The average molecular weight is 301 g/mol. The quantitative estimate of drug-likeness (QED) is 0.899. The smallest absolute Gasteiger partial charge is 0.256 e. The fourth-order valence-corrected chi connectivity index (χ4v) is 2.15. The normalized spacial score (nSPS) is 12.2. The van der Waals surface area contributed by atoms with Gasteiger partial charge in [-0.25, -0.2) is 4.98 Å². The highest BCUT2D eigenvalue weighted by Gasteiger charge is 2.15. The first-order valence-electron chi connectivity index (χ1n) is 6.84. The summed E-state index contributed by atoms with van der Waals surface area (Å²) in [5.41, 5.74) is 0.955. The second-order valence-corrected chi connectivity index (χ2v) is 4.90. The summed E-state index contributed by atoms with van der Waals surface area (Å²) < 4.78 is 11.9. The number of benzene rings is 1. The molecule has 2 heterocycles. The second kappa shape index (κ2) is 5.88. The minimum absolute atomic E-state index is 0.104. The van der Waals surface area contributed by atoms with E-state index < -0.39 is 0 Å². The van der Waals surface area contributed by atoms with Crippen LogP contribution in [-0.2, 0) is 6.54 Å². The Morgan fingerprint density at radius 3 is 3.05 bits per heavy atom. The van der Waals surface area contributed by atoms with E-state index in [1.165, 1.54) is 17.1 Å². The molecule has 0 aliphatic carbocycles. The van der Waals surface area contributed by atoms with E-state index in [1.54, 1.807) is 25.1 Å². The highest BCUT2D eigenvalue weighted by atomic mass is 16.7. The van der Waals surface area contributed by atoms with Gasteiger partial charge < -0.3 is 14.8 Å². The van der Waals surface area contributed by atoms with Crippen molar-refractivity contribution in [1.29, 1.82) is 0 Å². The molecule has 0 spiro atoms. The predicted molar refractivity (Wildman–Crippen MR) is 78.1 cm³/mol. The van der Waals surface area contributed by atoms with Crippen molar-refractivity contribution in [2.75, 3.05) is 13.3 Å². The van der Waals surface area contributed by atoms with E-state index >= 15 is 0 Å². The molecule has 0 saturated heterocycles. The fraction of sp³-hybridized carbons (Fsp3) is 0.267. The maximum atomic E-state index is 12.1. The van der Waals surface area contributed by atoms with Gasteiger partial charge in [0, 0.05) is 30.4 Å². The molecule has 0 saturated carbocycles. The van der Waals surface area contributed by atoms with Crippen molar-refractivity contribution in [3.05, 3.63) is 52.2 Å². The van der Waals surface area contributed by atoms with E-state index in [-0.39, 0.29) is 18.3 Å². The first-order chi connectivity index (χ1) is 10.6. The lowest BCUT2D eigenvalue weighted by atomic mass is 10.2. The molecule has 7 nitrogen and oxygen atoms in total. The minimum Gasteiger partial charge on any atom is -0.454 e. The van der Waals surface area contributed by atoms with Gasteiger partial charge in [0.25, 0.3) is 11.5 Å². The molecule has 1 aromatic carbocycles. The van der Waals surface area contributed by atoms with Crippen molar-refractivity contribution < 1.29 is 14.3 Å². The molecular formula is C15H15N3O4. The van der Waals surface area contributed by atoms with Gasteiger partial charge in [-0.15, -0.1) is 0 Å². The number of amides is 1. The lowest BCUT2D eigenvalue weighted by molar-refractivity contribution is 0.0951. The molecule has 3 rings (SSSR count). The minimum atomic E-state index is -0.230. The van der Waals surface area contributed by atoms with Crippen LogP contribution in [0.5, 0.6) is 11.5 Å². The van der Waals surface area contributed by atoms with Crippen molar-refractivity contribution in [2.45, 2.75) is 13.5 Å². The Balaban J connectivity index is 1.61. The highest BCUT2D eigenvalue weighted by Crippen LogP contribution is 2.32. The Kier molecular flexibility index (Phi) is 3.78. The van der Waals surface area contributed by atoms with Crippen LogP contribution in [0.25, 0.3) is 0 Å². The number of aryl methyl sites for hydroxylation is 1. The molecule has 0 unspecified atom stereocenters. The maximum absolute atomic E-state index is 12.1. The average Bonchev–Trinajstić information content (AvgIpc) is 2.98. The zero-order chi connectivity index (χ0) is 15.5. The van der Waals surface area contributed by atoms with Crippen LogP contribution in [0.15, 0.2) is 35.5 Å². The fourth-order valence-electron chi connectivity index (χ4n) is 2.15. The summed E-state index contributed by atoms with van der Waals surface area (Å²) in [6.07, 6.45) is 2.98. The second-order valence-electron chi connectivity index (χ2n) is 4.90. The molecule has 1 aliphatic rings. The zero-order valence-corrected chi connectivity index (χ0v) is 12.0. The van der Waals surface area contributed by atoms with Crippen LogP contribution in [0.2, 0.25) is 0 Å². The Morgan fingerprint density at radius 1 is 1.36 bits per heavy atom. The summed E-state index contributed by atoms with van der Waals surface area (Å²) in [5, 5.41) is 2.76. The number of hydrogen-bond donors (Lipinski definition) is 1. The molecule has 114 valence electrons. The first kappa shape index (κ1) is 14.1. The third kappa shape index (κ3) is 2.78. The van der Waals surface area contributed by atoms with Gasteiger partial charge in [0.05, 0.1) is 6.33 Å². The third-order valence-corrected chi connectivity index (χ3v) is 3.35. The molecule has 22 heavy (non-hydrogen) atoms. The molecular weight excluding hydrogens is 286 g/mol. The molecule has 2 aromatic rings. The summed E-state index contributed by atoms with van der Waals surface area (Å²) in [6, 6.07) is 5.01. The van der Waals surface area contributed by atoms with Gasteiger partial charge in [-0.05, 0) is 25.1 Å². The number of carbonyl (C=O) groups is 1. The van der Waals surface area contributed by atoms with Crippen molar-refractivity contribution in [3.63, 3.8) is 0 Å². The Morgan fingerprint density at radius 2 is 2.18 bits per heavy atom. The maximum Gasteiger partial charge on any atom is 0.256 e. The number of rotatable bonds is 4. The van der Waals surface area contributed by atoms with Crippen molar-refractivity contribution in [2.24, 2.45) is 0 Å². The molecule has 0 fully saturated rings. The van der Waals surface area contributed by atoms with Gasteiger partial charge in [0.1, 0.15) is 0 Å². The van der Waals surface area contributed by atoms with Crippen molar-refractivity contribution in [3.8, 4) is 11.5 Å². The Labute approximate surface area is 126 Å². The third-order valence-electron chi connectivity index (χ3n) is 3.35. The van der Waals surface area contributed by atoms with E-state index in [1.807, 2.05) is 0 Å². The van der Waals surface area contributed by atoms with Gasteiger partial charge in [0.15, 0.2) is 11.5 Å². The number of ether oxygens (including phenoxy) is 2. The molecule has 1 N–H and O–H groups in total. The summed E-state index contributed by atoms with van der Waals surface area (Å²) >= 11 is 0. The number of carbonyl (C=O) groups excluding carboxylic acids is 1. The molecule has 0 atom stereocenters. The van der Waals surface area contributed by atoms with Crippen LogP contribution >= 0.6 is 0 Å². The van der Waals surface area contributed by atoms with E-state index in [9.17, 15) is 9.59 Å². The summed E-state index contributed by atoms with van der Waals surface area (Å²) in [5.74, 6) is 0.965. The number of hydrogen-bond acceptors (Lipinski definition) is 5. The van der Waals surface area contributed by atoms with E-state index in [4.69, 9.17) is 9.47 Å². The molecule has 1 aliphatic heterocycles. The molecule has 0 radical (unpaired) electrons. The van der Waals surface area contributed by atoms with E-state index in [2.05, 4.69) is 10.3 Å². The summed E-state index contributed by atoms with van der Waals surface area (Å²) in [4.78, 5) is 27.9. The monoisotopic (exact) mass is 301 g/mol. The highest BCUT2D eigenvalue weighted by molar-refractivity contribution is 5.94. The van der Waals surface area contributed by atoms with Crippen LogP contribution in [0.3, 0.4) is 0 Å². The number of nitrogens with one attached hydrogen (secondary N) is 1. The predicted octanol–water partition coefficient (Wildman–Crippen LogP) is 0.710. The van der Waals surface area contributed by atoms with Crippen LogP contribution in [0, 0.1) is 6.92 Å². The molecule has 7 heteroatoms. The van der Waals surface area contributed by atoms with Gasteiger partial charge in [0.2, 0.25) is 6.79 Å². The number of aromatic nitrogens is 2. The van der Waals surface area contributed by atoms with Gasteiger partial charge in [-0.2, -0.15) is 0 Å². The van der Waals surface area contributed by atoms with Crippen LogP contribution in [0.4, 0.5) is 0 Å². The Hall–Kier alpha value is -2.83. The topological polar surface area (TPSA) is 82.5 Å². The lowest BCUT2D eigenvalue weighted by Crippen LogP contribution is -2.31. The van der Waals surface area contributed by atoms with Crippen LogP contribution < -0.4 is 20.3 Å². The molecule has 1 amide bonds. The SMILES string of the molecule is Cc1cncn(CCNC(=O)c2ccc3c(c2)OCO3)c1=O. The van der Waals surface area contributed by atoms with E-state index in [0.717, 1.165) is 0 Å². The van der Waals surface area contributed by atoms with Gasteiger partial charge in [-0.3, -0.25) is 14.2 Å². The largest absolute Gasteiger partial charge is 0.454 e. The van der Waals surface area contributed by atoms with E-state index in [0.29, 0.717) is 35.7 Å². The van der Waals surface area contributed by atoms with Gasteiger partial charge in [-0.1, -0.05) is 0 Å². The standard InChI is InChI=1S/C15H15N3O4/c1-10-7-16-8-18(15(10)20)5-4-17-14(19)11-2-3-12-13(6-11)22-9-21-12/h2-3,6-8H,4-5,9H2,1H3,(H,17,19). The number of fused-ring (bicyclic) bond motifs is 1. The lowest BCUT2D eigenvalue weighted by Gasteiger charge is -2.08. The van der Waals surface area contributed by atoms with Crippen molar-refractivity contribution >= 4 is 5.91 Å². The van der Waals surface area contributed by atoms with Crippen LogP contribution in [0.1, 0.15) is 15.9 Å². The molecule has 1 aromatic heterocycles. The van der Waals surface area contributed by atoms with Crippen molar-refractivity contribution in [1.82, 2.24) is 14.9 Å². The van der Waals surface area contributed by atoms with Crippen LogP contribution in [-0.4, -0.2) is 28.8 Å². The molecule has 0 bridgehead atoms. The first-order valence-corrected chi connectivity index (χ1v) is 6.84. The van der Waals surface area contributed by atoms with Gasteiger partial charge >= 0.3 is 0 Å².